The maximum atomic E-state index is 12.3. The molecule has 1 N–H and O–H groups in total. The number of esters is 1. The number of para-hydroxylation sites is 2. The molecular formula is C19H20ClNO5. The van der Waals surface area contributed by atoms with Gasteiger partial charge in [0.05, 0.1) is 24.3 Å². The van der Waals surface area contributed by atoms with Gasteiger partial charge in [-0.25, -0.2) is 4.79 Å². The number of anilines is 1. The van der Waals surface area contributed by atoms with Gasteiger partial charge in [0.15, 0.2) is 17.6 Å². The van der Waals surface area contributed by atoms with Gasteiger partial charge in [-0.05, 0) is 44.2 Å². The Kier molecular flexibility index (Phi) is 6.86. The molecule has 1 amide bonds. The predicted molar refractivity (Wildman–Crippen MR) is 99.1 cm³/mol. The first-order valence-electron chi connectivity index (χ1n) is 8.03. The lowest BCUT2D eigenvalue weighted by Crippen LogP contribution is -2.30. The summed E-state index contributed by atoms with van der Waals surface area (Å²) in [6, 6.07) is 11.6. The number of carbonyl (C=O) groups excluding carboxylic acids is 2. The summed E-state index contributed by atoms with van der Waals surface area (Å²) in [4.78, 5) is 24.1. The highest BCUT2D eigenvalue weighted by Gasteiger charge is 2.18. The van der Waals surface area contributed by atoms with E-state index < -0.39 is 12.1 Å². The lowest BCUT2D eigenvalue weighted by Gasteiger charge is -2.17. The normalized spacial score (nSPS) is 11.4. The summed E-state index contributed by atoms with van der Waals surface area (Å²) in [7, 11) is 1.53. The summed E-state index contributed by atoms with van der Waals surface area (Å²) < 4.78 is 15.8. The summed E-state index contributed by atoms with van der Waals surface area (Å²) in [5, 5.41) is 2.89. The van der Waals surface area contributed by atoms with Gasteiger partial charge in [0.2, 0.25) is 0 Å². The van der Waals surface area contributed by atoms with Crippen LogP contribution in [0.25, 0.3) is 0 Å². The van der Waals surface area contributed by atoms with Gasteiger partial charge in [-0.3, -0.25) is 4.79 Å². The first kappa shape index (κ1) is 19.6. The highest BCUT2D eigenvalue weighted by Crippen LogP contribution is 2.27. The highest BCUT2D eigenvalue weighted by atomic mass is 35.5. The van der Waals surface area contributed by atoms with E-state index in [1.165, 1.54) is 19.2 Å². The molecule has 0 saturated carbocycles. The fourth-order valence-electron chi connectivity index (χ4n) is 2.17. The zero-order valence-corrected chi connectivity index (χ0v) is 15.5. The molecule has 0 aromatic heterocycles. The molecule has 0 radical (unpaired) electrons. The Bertz CT molecular complexity index is 793. The van der Waals surface area contributed by atoms with Crippen molar-refractivity contribution < 1.29 is 23.8 Å². The molecule has 0 saturated heterocycles. The summed E-state index contributed by atoms with van der Waals surface area (Å²) in [5.74, 6) is 0.126. The number of rotatable bonds is 7. The van der Waals surface area contributed by atoms with Gasteiger partial charge in [-0.2, -0.15) is 0 Å². The fraction of sp³-hybridized carbons (Fsp3) is 0.263. The first-order valence-corrected chi connectivity index (χ1v) is 8.41. The van der Waals surface area contributed by atoms with Crippen LogP contribution in [-0.4, -0.2) is 31.7 Å². The van der Waals surface area contributed by atoms with Crippen molar-refractivity contribution in [2.75, 3.05) is 19.0 Å². The van der Waals surface area contributed by atoms with Crippen molar-refractivity contribution in [2.45, 2.75) is 20.0 Å². The van der Waals surface area contributed by atoms with E-state index in [9.17, 15) is 9.59 Å². The van der Waals surface area contributed by atoms with Gasteiger partial charge in [0.25, 0.3) is 5.91 Å². The molecule has 2 aromatic carbocycles. The van der Waals surface area contributed by atoms with E-state index in [0.717, 1.165) is 0 Å². The monoisotopic (exact) mass is 377 g/mol. The minimum atomic E-state index is -0.769. The Hall–Kier alpha value is -2.73. The average molecular weight is 378 g/mol. The maximum Gasteiger partial charge on any atom is 0.339 e. The van der Waals surface area contributed by atoms with E-state index in [4.69, 9.17) is 25.8 Å². The zero-order valence-electron chi connectivity index (χ0n) is 14.7. The van der Waals surface area contributed by atoms with Gasteiger partial charge >= 0.3 is 5.97 Å². The smallest absolute Gasteiger partial charge is 0.339 e. The first-order chi connectivity index (χ1) is 12.5. The number of amides is 1. The molecule has 0 spiro atoms. The van der Waals surface area contributed by atoms with E-state index in [1.54, 1.807) is 38.1 Å². The van der Waals surface area contributed by atoms with Crippen LogP contribution in [0, 0.1) is 0 Å². The Morgan fingerprint density at radius 1 is 1.15 bits per heavy atom. The molecule has 7 heteroatoms. The number of hydrogen-bond donors (Lipinski definition) is 1. The number of methoxy groups -OCH3 is 1. The van der Waals surface area contributed by atoms with Crippen LogP contribution in [0.2, 0.25) is 5.02 Å². The predicted octanol–water partition coefficient (Wildman–Crippen LogP) is 3.93. The molecule has 0 aliphatic rings. The lowest BCUT2D eigenvalue weighted by atomic mass is 10.2. The van der Waals surface area contributed by atoms with Crippen molar-refractivity contribution in [1.29, 1.82) is 0 Å². The molecule has 0 aliphatic heterocycles. The van der Waals surface area contributed by atoms with Crippen LogP contribution in [0.15, 0.2) is 42.5 Å². The summed E-state index contributed by atoms with van der Waals surface area (Å²) in [6.07, 6.45) is -0.769. The molecular weight excluding hydrogens is 358 g/mol. The van der Waals surface area contributed by atoms with Crippen LogP contribution >= 0.6 is 11.6 Å². The van der Waals surface area contributed by atoms with E-state index in [-0.39, 0.29) is 23.1 Å². The Morgan fingerprint density at radius 2 is 1.85 bits per heavy atom. The van der Waals surface area contributed by atoms with Crippen molar-refractivity contribution in [3.05, 3.63) is 53.1 Å². The van der Waals surface area contributed by atoms with Gasteiger partial charge in [0, 0.05) is 5.69 Å². The summed E-state index contributed by atoms with van der Waals surface area (Å²) in [6.45, 7) is 3.59. The van der Waals surface area contributed by atoms with Crippen LogP contribution in [-0.2, 0) is 9.53 Å². The molecule has 2 aromatic rings. The third kappa shape index (κ3) is 4.89. The third-order valence-corrected chi connectivity index (χ3v) is 3.79. The maximum absolute atomic E-state index is 12.3. The van der Waals surface area contributed by atoms with Gasteiger partial charge in [-0.1, -0.05) is 23.7 Å². The van der Waals surface area contributed by atoms with Crippen LogP contribution in [0.5, 0.6) is 11.5 Å². The molecule has 0 aliphatic carbocycles. The van der Waals surface area contributed by atoms with Crippen LogP contribution in [0.3, 0.4) is 0 Å². The lowest BCUT2D eigenvalue weighted by molar-refractivity contribution is -0.122. The number of halogens is 1. The number of carbonyl (C=O) groups is 2. The summed E-state index contributed by atoms with van der Waals surface area (Å²) in [5.41, 5.74) is 0.688. The molecule has 138 valence electrons. The molecule has 26 heavy (non-hydrogen) atoms. The minimum absolute atomic E-state index is 0.194. The Morgan fingerprint density at radius 3 is 2.46 bits per heavy atom. The molecule has 0 fully saturated rings. The van der Waals surface area contributed by atoms with Gasteiger partial charge in [0.1, 0.15) is 0 Å². The topological polar surface area (TPSA) is 73.9 Å². The van der Waals surface area contributed by atoms with E-state index >= 15 is 0 Å². The Balaban J connectivity index is 2.04. The number of nitrogens with one attached hydrogen (secondary N) is 1. The van der Waals surface area contributed by atoms with E-state index in [0.29, 0.717) is 17.2 Å². The van der Waals surface area contributed by atoms with Crippen LogP contribution in [0.4, 0.5) is 5.69 Å². The molecule has 1 unspecified atom stereocenters. The van der Waals surface area contributed by atoms with Gasteiger partial charge in [-0.15, -0.1) is 0 Å². The van der Waals surface area contributed by atoms with Crippen LogP contribution in [0.1, 0.15) is 24.2 Å². The standard InChI is InChI=1S/C19H20ClNO5/c1-4-25-19(23)14-10-9-13(11-15(14)20)21-18(22)12(2)26-17-8-6-5-7-16(17)24-3/h5-12H,4H2,1-3H3,(H,21,22). The quantitative estimate of drug-likeness (QED) is 0.740. The Labute approximate surface area is 157 Å². The number of benzene rings is 2. The number of hydrogen-bond acceptors (Lipinski definition) is 5. The largest absolute Gasteiger partial charge is 0.493 e. The second-order valence-corrected chi connectivity index (χ2v) is 5.72. The highest BCUT2D eigenvalue weighted by molar-refractivity contribution is 6.34. The van der Waals surface area contributed by atoms with Crippen LogP contribution < -0.4 is 14.8 Å². The minimum Gasteiger partial charge on any atom is -0.493 e. The molecule has 2 rings (SSSR count). The molecule has 1 atom stereocenters. The number of ether oxygens (including phenoxy) is 3. The van der Waals surface area contributed by atoms with Crippen molar-refractivity contribution in [3.63, 3.8) is 0 Å². The van der Waals surface area contributed by atoms with Crippen molar-refractivity contribution in [2.24, 2.45) is 0 Å². The SMILES string of the molecule is CCOC(=O)c1ccc(NC(=O)C(C)Oc2ccccc2OC)cc1Cl. The molecule has 0 bridgehead atoms. The third-order valence-electron chi connectivity index (χ3n) is 3.47. The van der Waals surface area contributed by atoms with Gasteiger partial charge < -0.3 is 19.5 Å². The zero-order chi connectivity index (χ0) is 19.1. The second kappa shape index (κ2) is 9.10. The second-order valence-electron chi connectivity index (χ2n) is 5.32. The molecule has 0 heterocycles. The van der Waals surface area contributed by atoms with E-state index in [2.05, 4.69) is 5.32 Å². The van der Waals surface area contributed by atoms with Crippen molar-refractivity contribution >= 4 is 29.2 Å². The van der Waals surface area contributed by atoms with Crippen molar-refractivity contribution in [3.8, 4) is 11.5 Å². The fourth-order valence-corrected chi connectivity index (χ4v) is 2.43. The molecule has 6 nitrogen and oxygen atoms in total. The summed E-state index contributed by atoms with van der Waals surface area (Å²) >= 11 is 6.09. The van der Waals surface area contributed by atoms with Crippen molar-refractivity contribution in [1.82, 2.24) is 0 Å². The average Bonchev–Trinajstić information content (AvgIpc) is 2.62. The van der Waals surface area contributed by atoms with E-state index in [1.807, 2.05) is 6.07 Å².